The number of cyclic esters (lactones) is 1. The third-order valence-electron chi connectivity index (χ3n) is 7.70. The topological polar surface area (TPSA) is 79.2 Å². The van der Waals surface area contributed by atoms with Crippen LogP contribution in [0.15, 0.2) is 42.0 Å². The molecule has 6 nitrogen and oxygen atoms in total. The number of ether oxygens (including phenoxy) is 2. The quantitative estimate of drug-likeness (QED) is 0.553. The Bertz CT molecular complexity index is 838. The van der Waals surface area contributed by atoms with Crippen molar-refractivity contribution in [2.45, 2.75) is 81.9 Å². The van der Waals surface area contributed by atoms with Crippen molar-refractivity contribution in [3.63, 3.8) is 0 Å². The van der Waals surface area contributed by atoms with E-state index in [9.17, 15) is 15.0 Å². The molecule has 0 unspecified atom stereocenters. The van der Waals surface area contributed by atoms with Gasteiger partial charge in [-0.1, -0.05) is 42.0 Å². The number of aliphatic hydroxyl groups is 2. The summed E-state index contributed by atoms with van der Waals surface area (Å²) in [6, 6.07) is 9.43. The van der Waals surface area contributed by atoms with Crippen LogP contribution in [0.25, 0.3) is 0 Å². The number of β-amino-alcohol motifs (C(OH)–C–C–N with tert-alkyl or cyclic N) is 1. The van der Waals surface area contributed by atoms with Gasteiger partial charge in [-0.05, 0) is 45.6 Å². The molecule has 0 bridgehead atoms. The van der Waals surface area contributed by atoms with E-state index in [4.69, 9.17) is 9.47 Å². The van der Waals surface area contributed by atoms with Crippen molar-refractivity contribution < 1.29 is 24.5 Å². The molecule has 6 heteroatoms. The van der Waals surface area contributed by atoms with Gasteiger partial charge in [0.05, 0.1) is 23.3 Å². The number of rotatable bonds is 5. The summed E-state index contributed by atoms with van der Waals surface area (Å²) in [5.74, 6) is -0.610. The van der Waals surface area contributed by atoms with Crippen LogP contribution in [0.1, 0.15) is 45.6 Å². The maximum atomic E-state index is 13.2. The normalized spacial score (nSPS) is 40.1. The van der Waals surface area contributed by atoms with Gasteiger partial charge in [-0.2, -0.15) is 0 Å². The molecule has 7 atom stereocenters. The molecule has 0 aromatic heterocycles. The highest BCUT2D eigenvalue weighted by atomic mass is 16.6. The van der Waals surface area contributed by atoms with E-state index < -0.39 is 35.5 Å². The van der Waals surface area contributed by atoms with E-state index in [0.29, 0.717) is 32.2 Å². The van der Waals surface area contributed by atoms with Crippen molar-refractivity contribution in [2.24, 2.45) is 5.92 Å². The molecule has 1 saturated carbocycles. The number of carbonyl (C=O) groups is 1. The second kappa shape index (κ2) is 8.32. The Morgan fingerprint density at radius 3 is 2.68 bits per heavy atom. The number of morpholine rings is 1. The van der Waals surface area contributed by atoms with E-state index in [-0.39, 0.29) is 11.9 Å². The van der Waals surface area contributed by atoms with Crippen LogP contribution in [-0.2, 0) is 20.7 Å². The molecule has 1 aliphatic carbocycles. The maximum Gasteiger partial charge on any atom is 0.324 e. The van der Waals surface area contributed by atoms with Crippen molar-refractivity contribution in [1.29, 1.82) is 0 Å². The van der Waals surface area contributed by atoms with E-state index in [2.05, 4.69) is 17.9 Å². The van der Waals surface area contributed by atoms with E-state index in [0.717, 1.165) is 11.1 Å². The van der Waals surface area contributed by atoms with Crippen LogP contribution < -0.4 is 0 Å². The minimum atomic E-state index is -1.04. The first kappa shape index (κ1) is 22.5. The smallest absolute Gasteiger partial charge is 0.324 e. The Balaban J connectivity index is 1.77. The number of allylic oxidation sites excluding steroid dienone is 1. The van der Waals surface area contributed by atoms with Gasteiger partial charge in [0.2, 0.25) is 0 Å². The summed E-state index contributed by atoms with van der Waals surface area (Å²) in [5, 5.41) is 22.5. The summed E-state index contributed by atoms with van der Waals surface area (Å²) in [4.78, 5) is 15.4. The molecule has 2 saturated heterocycles. The number of nitrogens with zero attached hydrogens (tertiary/aromatic N) is 1. The number of hydrogen-bond acceptors (Lipinski definition) is 6. The van der Waals surface area contributed by atoms with Crippen LogP contribution in [0, 0.1) is 5.92 Å². The highest BCUT2D eigenvalue weighted by Gasteiger charge is 2.70. The molecular formula is C25H35NO5. The third kappa shape index (κ3) is 3.74. The molecule has 0 spiro atoms. The van der Waals surface area contributed by atoms with Crippen LogP contribution in [-0.4, -0.2) is 70.2 Å². The van der Waals surface area contributed by atoms with Crippen molar-refractivity contribution in [3.05, 3.63) is 47.5 Å². The molecule has 3 fully saturated rings. The minimum absolute atomic E-state index is 0.245. The Morgan fingerprint density at radius 2 is 2.03 bits per heavy atom. The number of fused-ring (bicyclic) bond motifs is 3. The molecule has 0 amide bonds. The molecule has 1 aromatic carbocycles. The van der Waals surface area contributed by atoms with Crippen LogP contribution in [0.4, 0.5) is 0 Å². The highest BCUT2D eigenvalue weighted by molar-refractivity contribution is 5.78. The predicted molar refractivity (Wildman–Crippen MR) is 117 cm³/mol. The van der Waals surface area contributed by atoms with E-state index in [1.54, 1.807) is 7.11 Å². The molecule has 2 aliphatic heterocycles. The number of carbonyl (C=O) groups excluding carboxylic acids is 1. The molecule has 2 N–H and O–H groups in total. The summed E-state index contributed by atoms with van der Waals surface area (Å²) in [6.07, 6.45) is 2.53. The van der Waals surface area contributed by atoms with Gasteiger partial charge in [0.1, 0.15) is 12.1 Å². The Labute approximate surface area is 184 Å². The number of methoxy groups -OCH3 is 1. The van der Waals surface area contributed by atoms with Gasteiger partial charge < -0.3 is 19.7 Å². The SMILES string of the molecule is CO[C@@H]1[C@H](O)CC[C@]2(O)CN3[C@H](Cc4ccccc4)C(=O)O[C@H](CC=C(C)C)[C@]3(C)[C@@H]12. The Hall–Kier alpha value is -1.73. The van der Waals surface area contributed by atoms with Crippen LogP contribution >= 0.6 is 0 Å². The molecule has 4 rings (SSSR count). The summed E-state index contributed by atoms with van der Waals surface area (Å²) in [6.45, 7) is 6.50. The van der Waals surface area contributed by atoms with Crippen molar-refractivity contribution in [2.75, 3.05) is 13.7 Å². The molecule has 1 aromatic rings. The summed E-state index contributed by atoms with van der Waals surface area (Å²) >= 11 is 0. The molecule has 3 aliphatic rings. The zero-order valence-corrected chi connectivity index (χ0v) is 19.0. The van der Waals surface area contributed by atoms with E-state index >= 15 is 0 Å². The number of esters is 1. The first-order valence-corrected chi connectivity index (χ1v) is 11.3. The van der Waals surface area contributed by atoms with Crippen molar-refractivity contribution in [3.8, 4) is 0 Å². The number of aliphatic hydroxyl groups excluding tert-OH is 1. The summed E-state index contributed by atoms with van der Waals surface area (Å²) < 4.78 is 11.8. The zero-order chi connectivity index (χ0) is 22.4. The van der Waals surface area contributed by atoms with Gasteiger partial charge >= 0.3 is 5.97 Å². The summed E-state index contributed by atoms with van der Waals surface area (Å²) in [5.41, 5.74) is 0.509. The number of hydrogen-bond donors (Lipinski definition) is 2. The van der Waals surface area contributed by atoms with Crippen LogP contribution in [0.3, 0.4) is 0 Å². The lowest BCUT2D eigenvalue weighted by atomic mass is 9.64. The average Bonchev–Trinajstić information content (AvgIpc) is 2.99. The summed E-state index contributed by atoms with van der Waals surface area (Å²) in [7, 11) is 1.59. The lowest BCUT2D eigenvalue weighted by Crippen LogP contribution is -2.69. The Kier molecular flexibility index (Phi) is 6.03. The first-order valence-electron chi connectivity index (χ1n) is 11.3. The van der Waals surface area contributed by atoms with Gasteiger partial charge in [0, 0.05) is 26.0 Å². The second-order valence-corrected chi connectivity index (χ2v) is 9.89. The van der Waals surface area contributed by atoms with E-state index in [1.165, 1.54) is 0 Å². The van der Waals surface area contributed by atoms with Crippen molar-refractivity contribution >= 4 is 5.97 Å². The largest absolute Gasteiger partial charge is 0.459 e. The standard InChI is InChI=1S/C25H35NO5/c1-16(2)10-11-20-24(3)22-21(30-4)19(27)12-13-25(22,29)15-26(24)18(23(28)31-20)14-17-8-6-5-7-9-17/h5-10,18-22,27,29H,11-15H2,1-4H3/t18-,19-,20-,21-,22-,24-,25+/m1/s1. The van der Waals surface area contributed by atoms with Crippen molar-refractivity contribution in [1.82, 2.24) is 4.90 Å². The minimum Gasteiger partial charge on any atom is -0.459 e. The first-order chi connectivity index (χ1) is 14.7. The Morgan fingerprint density at radius 1 is 1.32 bits per heavy atom. The maximum absolute atomic E-state index is 13.2. The zero-order valence-electron chi connectivity index (χ0n) is 19.0. The fourth-order valence-corrected chi connectivity index (χ4v) is 6.19. The number of benzene rings is 1. The fraction of sp³-hybridized carbons (Fsp3) is 0.640. The third-order valence-corrected chi connectivity index (χ3v) is 7.70. The highest BCUT2D eigenvalue weighted by Crippen LogP contribution is 2.55. The van der Waals surface area contributed by atoms with Crippen LogP contribution in [0.5, 0.6) is 0 Å². The predicted octanol–water partition coefficient (Wildman–Crippen LogP) is 2.47. The molecule has 0 radical (unpaired) electrons. The lowest BCUT2D eigenvalue weighted by molar-refractivity contribution is -0.202. The lowest BCUT2D eigenvalue weighted by Gasteiger charge is -2.54. The average molecular weight is 430 g/mol. The van der Waals surface area contributed by atoms with E-state index in [1.807, 2.05) is 44.2 Å². The van der Waals surface area contributed by atoms with Gasteiger partial charge in [0.25, 0.3) is 0 Å². The van der Waals surface area contributed by atoms with Gasteiger partial charge in [-0.3, -0.25) is 9.69 Å². The van der Waals surface area contributed by atoms with Gasteiger partial charge in [-0.15, -0.1) is 0 Å². The molecular weight excluding hydrogens is 394 g/mol. The molecule has 2 heterocycles. The molecule has 31 heavy (non-hydrogen) atoms. The fourth-order valence-electron chi connectivity index (χ4n) is 6.19. The molecule has 170 valence electrons. The second-order valence-electron chi connectivity index (χ2n) is 9.89. The van der Waals surface area contributed by atoms with Gasteiger partial charge in [-0.25, -0.2) is 0 Å². The monoisotopic (exact) mass is 429 g/mol. The van der Waals surface area contributed by atoms with Crippen LogP contribution in [0.2, 0.25) is 0 Å². The van der Waals surface area contributed by atoms with Gasteiger partial charge in [0.15, 0.2) is 0 Å².